The molecule has 0 aliphatic carbocycles. The summed E-state index contributed by atoms with van der Waals surface area (Å²) >= 11 is 0. The minimum atomic E-state index is 0. The fraction of sp³-hybridized carbons (Fsp3) is 0.522. The molecule has 1 fully saturated rings. The normalized spacial score (nSPS) is 15.9. The third-order valence-electron chi connectivity index (χ3n) is 5.12. The van der Waals surface area contributed by atoms with Gasteiger partial charge in [-0.25, -0.2) is 0 Å². The van der Waals surface area contributed by atoms with Crippen molar-refractivity contribution in [3.05, 3.63) is 42.4 Å². The lowest BCUT2D eigenvalue weighted by Crippen LogP contribution is -2.44. The van der Waals surface area contributed by atoms with Crippen LogP contribution in [0.2, 0.25) is 0 Å². The van der Waals surface area contributed by atoms with Gasteiger partial charge < -0.3 is 34.2 Å². The van der Waals surface area contributed by atoms with Crippen LogP contribution in [0.3, 0.4) is 0 Å². The lowest BCUT2D eigenvalue weighted by Gasteiger charge is -2.21. The Labute approximate surface area is 207 Å². The average molecular weight is 558 g/mol. The maximum Gasteiger partial charge on any atom is 0.191 e. The Bertz CT molecular complexity index is 794. The van der Waals surface area contributed by atoms with Gasteiger partial charge in [0.15, 0.2) is 5.96 Å². The van der Waals surface area contributed by atoms with Gasteiger partial charge in [0.05, 0.1) is 20.5 Å². The van der Waals surface area contributed by atoms with Gasteiger partial charge in [0.25, 0.3) is 0 Å². The molecule has 0 radical (unpaired) electrons. The standard InChI is InChI=1S/C23H34N4O4.HI/c1-4-24-23(25-9-6-11-30-17-20-7-5-12-31-20)26-18-8-10-27(16-18)19-13-21(28-2)15-22(14-19)29-3;/h5,7,12-15,18H,4,6,8-11,16-17H2,1-3H3,(H2,24,25,26);1H. The number of guanidine groups is 1. The summed E-state index contributed by atoms with van der Waals surface area (Å²) in [5, 5.41) is 6.90. The molecule has 0 amide bonds. The van der Waals surface area contributed by atoms with Crippen LogP contribution in [0.25, 0.3) is 0 Å². The Morgan fingerprint density at radius 3 is 2.66 bits per heavy atom. The summed E-state index contributed by atoms with van der Waals surface area (Å²) in [7, 11) is 3.35. The number of ether oxygens (including phenoxy) is 3. The molecule has 0 spiro atoms. The zero-order valence-electron chi connectivity index (χ0n) is 19.1. The minimum absolute atomic E-state index is 0. The summed E-state index contributed by atoms with van der Waals surface area (Å²) in [5.74, 6) is 3.30. The highest BCUT2D eigenvalue weighted by atomic mass is 127. The number of halogens is 1. The quantitative estimate of drug-likeness (QED) is 0.189. The molecule has 1 unspecified atom stereocenters. The molecule has 1 atom stereocenters. The number of nitrogens with zero attached hydrogens (tertiary/aromatic N) is 2. The van der Waals surface area contributed by atoms with E-state index < -0.39 is 0 Å². The van der Waals surface area contributed by atoms with Gasteiger partial charge in [-0.15, -0.1) is 24.0 Å². The van der Waals surface area contributed by atoms with Crippen molar-refractivity contribution in [3.63, 3.8) is 0 Å². The van der Waals surface area contributed by atoms with E-state index in [1.807, 2.05) is 30.3 Å². The molecule has 1 aromatic carbocycles. The number of hydrogen-bond donors (Lipinski definition) is 2. The molecule has 3 rings (SSSR count). The Balaban J connectivity index is 0.00000363. The number of benzene rings is 1. The Kier molecular flexibility index (Phi) is 11.5. The summed E-state index contributed by atoms with van der Waals surface area (Å²) in [6, 6.07) is 10.1. The summed E-state index contributed by atoms with van der Waals surface area (Å²) in [6.07, 6.45) is 3.56. The van der Waals surface area contributed by atoms with Crippen molar-refractivity contribution in [2.24, 2.45) is 4.99 Å². The van der Waals surface area contributed by atoms with E-state index in [9.17, 15) is 0 Å². The van der Waals surface area contributed by atoms with Crippen LogP contribution in [-0.2, 0) is 11.3 Å². The van der Waals surface area contributed by atoms with E-state index >= 15 is 0 Å². The smallest absolute Gasteiger partial charge is 0.191 e. The van der Waals surface area contributed by atoms with Crippen molar-refractivity contribution in [2.45, 2.75) is 32.4 Å². The van der Waals surface area contributed by atoms with E-state index in [0.717, 1.165) is 61.4 Å². The number of methoxy groups -OCH3 is 2. The molecule has 32 heavy (non-hydrogen) atoms. The molecule has 178 valence electrons. The number of furan rings is 1. The van der Waals surface area contributed by atoms with Gasteiger partial charge in [0.2, 0.25) is 0 Å². The van der Waals surface area contributed by atoms with Crippen LogP contribution < -0.4 is 25.0 Å². The van der Waals surface area contributed by atoms with E-state index in [1.165, 1.54) is 0 Å². The SMILES string of the molecule is CCNC(=NCCCOCc1ccco1)NC1CCN(c2cc(OC)cc(OC)c2)C1.I. The first-order valence-corrected chi connectivity index (χ1v) is 10.8. The highest BCUT2D eigenvalue weighted by molar-refractivity contribution is 14.0. The second-order valence-electron chi connectivity index (χ2n) is 7.39. The lowest BCUT2D eigenvalue weighted by atomic mass is 10.2. The molecule has 2 N–H and O–H groups in total. The Hall–Kier alpha value is -2.14. The molecular formula is C23H35IN4O4. The van der Waals surface area contributed by atoms with Crippen molar-refractivity contribution in [2.75, 3.05) is 51.9 Å². The van der Waals surface area contributed by atoms with Gasteiger partial charge in [-0.3, -0.25) is 4.99 Å². The molecule has 1 aliphatic rings. The number of nitrogens with one attached hydrogen (secondary N) is 2. The largest absolute Gasteiger partial charge is 0.497 e. The Morgan fingerprint density at radius 2 is 2.00 bits per heavy atom. The van der Waals surface area contributed by atoms with Crippen LogP contribution in [0.1, 0.15) is 25.5 Å². The van der Waals surface area contributed by atoms with Crippen molar-refractivity contribution in [1.82, 2.24) is 10.6 Å². The van der Waals surface area contributed by atoms with Gasteiger partial charge in [-0.05, 0) is 31.9 Å². The maximum absolute atomic E-state index is 5.62. The van der Waals surface area contributed by atoms with E-state index in [1.54, 1.807) is 20.5 Å². The Morgan fingerprint density at radius 1 is 1.22 bits per heavy atom. The summed E-state index contributed by atoms with van der Waals surface area (Å²) < 4.78 is 21.7. The first-order chi connectivity index (χ1) is 15.2. The predicted molar refractivity (Wildman–Crippen MR) is 138 cm³/mol. The second-order valence-corrected chi connectivity index (χ2v) is 7.39. The van der Waals surface area contributed by atoms with Crippen LogP contribution in [0.5, 0.6) is 11.5 Å². The van der Waals surface area contributed by atoms with Crippen molar-refractivity contribution in [1.29, 1.82) is 0 Å². The highest BCUT2D eigenvalue weighted by Gasteiger charge is 2.24. The molecule has 0 bridgehead atoms. The van der Waals surface area contributed by atoms with Crippen LogP contribution in [0.4, 0.5) is 5.69 Å². The average Bonchev–Trinajstić information content (AvgIpc) is 3.48. The topological polar surface area (TPSA) is 80.5 Å². The van der Waals surface area contributed by atoms with Crippen LogP contribution in [-0.4, -0.2) is 59.0 Å². The van der Waals surface area contributed by atoms with Gasteiger partial charge in [-0.2, -0.15) is 0 Å². The minimum Gasteiger partial charge on any atom is -0.497 e. The maximum atomic E-state index is 5.62. The number of hydrogen-bond acceptors (Lipinski definition) is 6. The fourth-order valence-electron chi connectivity index (χ4n) is 3.53. The van der Waals surface area contributed by atoms with Gasteiger partial charge in [0.1, 0.15) is 23.9 Å². The second kappa shape index (κ2) is 14.1. The zero-order chi connectivity index (χ0) is 21.9. The molecule has 9 heteroatoms. The van der Waals surface area contributed by atoms with Crippen LogP contribution >= 0.6 is 24.0 Å². The first kappa shape index (κ1) is 26.1. The van der Waals surface area contributed by atoms with E-state index in [0.29, 0.717) is 25.8 Å². The molecule has 1 saturated heterocycles. The molecule has 0 saturated carbocycles. The predicted octanol–water partition coefficient (Wildman–Crippen LogP) is 3.66. The summed E-state index contributed by atoms with van der Waals surface area (Å²) in [5.41, 5.74) is 1.11. The number of aliphatic imine (C=N–C) groups is 1. The van der Waals surface area contributed by atoms with Gasteiger partial charge >= 0.3 is 0 Å². The van der Waals surface area contributed by atoms with E-state index in [2.05, 4.69) is 22.5 Å². The van der Waals surface area contributed by atoms with Crippen molar-refractivity contribution >= 4 is 35.6 Å². The zero-order valence-corrected chi connectivity index (χ0v) is 21.5. The number of rotatable bonds is 11. The lowest BCUT2D eigenvalue weighted by molar-refractivity contribution is 0.105. The highest BCUT2D eigenvalue weighted by Crippen LogP contribution is 2.30. The van der Waals surface area contributed by atoms with E-state index in [-0.39, 0.29) is 24.0 Å². The summed E-state index contributed by atoms with van der Waals surface area (Å²) in [4.78, 5) is 7.04. The first-order valence-electron chi connectivity index (χ1n) is 10.8. The van der Waals surface area contributed by atoms with Crippen molar-refractivity contribution < 1.29 is 18.6 Å². The molecule has 2 aromatic rings. The molecular weight excluding hydrogens is 523 g/mol. The third-order valence-corrected chi connectivity index (χ3v) is 5.12. The molecule has 1 aliphatic heterocycles. The molecule has 8 nitrogen and oxygen atoms in total. The molecule has 1 aromatic heterocycles. The van der Waals surface area contributed by atoms with Gasteiger partial charge in [-0.1, -0.05) is 0 Å². The van der Waals surface area contributed by atoms with Crippen LogP contribution in [0.15, 0.2) is 46.0 Å². The third kappa shape index (κ3) is 8.09. The number of anilines is 1. The van der Waals surface area contributed by atoms with Gasteiger partial charge in [0, 0.05) is 62.7 Å². The van der Waals surface area contributed by atoms with E-state index in [4.69, 9.17) is 23.6 Å². The molecule has 2 heterocycles. The van der Waals surface area contributed by atoms with Crippen LogP contribution in [0, 0.1) is 0 Å². The summed E-state index contributed by atoms with van der Waals surface area (Å²) in [6.45, 7) is 6.62. The fourth-order valence-corrected chi connectivity index (χ4v) is 3.53. The monoisotopic (exact) mass is 558 g/mol. The van der Waals surface area contributed by atoms with Crippen molar-refractivity contribution in [3.8, 4) is 11.5 Å².